The summed E-state index contributed by atoms with van der Waals surface area (Å²) in [5.41, 5.74) is 1.97. The number of rotatable bonds is 10. The van der Waals surface area contributed by atoms with Gasteiger partial charge in [0.25, 0.3) is 0 Å². The Hall–Kier alpha value is -2.54. The van der Waals surface area contributed by atoms with E-state index in [2.05, 4.69) is 15.3 Å². The maximum atomic E-state index is 13.1. The standard InChI is InChI=1S/C22H30BN3O3/c1-15(2)10-21(23(4)29)26-22(28)18(11-17-8-6-5-7-9-17)12-20(27)19-14-24-16(3)13-25-19/h5-9,13-15,18,21,29H,10-12H2,1-4H3,(H,26,28)/t18-,21+/m1/s1. The zero-order valence-electron chi connectivity index (χ0n) is 17.6. The third kappa shape index (κ3) is 7.42. The van der Waals surface area contributed by atoms with Gasteiger partial charge in [-0.2, -0.15) is 0 Å². The molecule has 0 radical (unpaired) electrons. The number of carbonyl (C=O) groups is 2. The molecule has 154 valence electrons. The minimum Gasteiger partial charge on any atom is -0.449 e. The van der Waals surface area contributed by atoms with Gasteiger partial charge in [-0.15, -0.1) is 0 Å². The molecule has 0 bridgehead atoms. The molecular weight excluding hydrogens is 365 g/mol. The van der Waals surface area contributed by atoms with Gasteiger partial charge in [0.05, 0.1) is 11.9 Å². The van der Waals surface area contributed by atoms with E-state index in [9.17, 15) is 14.6 Å². The van der Waals surface area contributed by atoms with Crippen LogP contribution in [-0.2, 0) is 11.2 Å². The van der Waals surface area contributed by atoms with Gasteiger partial charge >= 0.3 is 6.92 Å². The summed E-state index contributed by atoms with van der Waals surface area (Å²) in [6, 6.07) is 9.62. The lowest BCUT2D eigenvalue weighted by molar-refractivity contribution is -0.125. The van der Waals surface area contributed by atoms with Gasteiger partial charge in [0.1, 0.15) is 5.69 Å². The fraction of sp³-hybridized carbons (Fsp3) is 0.455. The van der Waals surface area contributed by atoms with Crippen LogP contribution in [0.4, 0.5) is 0 Å². The van der Waals surface area contributed by atoms with Crippen LogP contribution in [0.3, 0.4) is 0 Å². The second-order valence-electron chi connectivity index (χ2n) is 8.04. The Labute approximate surface area is 173 Å². The van der Waals surface area contributed by atoms with Gasteiger partial charge in [0.15, 0.2) is 5.78 Å². The summed E-state index contributed by atoms with van der Waals surface area (Å²) in [7, 11) is 0. The van der Waals surface area contributed by atoms with Gasteiger partial charge < -0.3 is 10.3 Å². The third-order valence-corrected chi connectivity index (χ3v) is 4.83. The first-order chi connectivity index (χ1) is 13.8. The van der Waals surface area contributed by atoms with Crippen molar-refractivity contribution in [2.75, 3.05) is 0 Å². The molecule has 0 saturated heterocycles. The number of aryl methyl sites for hydroxylation is 1. The van der Waals surface area contributed by atoms with Crippen LogP contribution in [-0.4, -0.2) is 39.5 Å². The van der Waals surface area contributed by atoms with Crippen molar-refractivity contribution < 1.29 is 14.6 Å². The second kappa shape index (κ2) is 10.9. The van der Waals surface area contributed by atoms with Crippen LogP contribution in [0, 0.1) is 18.8 Å². The molecule has 1 aromatic carbocycles. The highest BCUT2D eigenvalue weighted by molar-refractivity contribution is 6.51. The molecule has 2 aromatic rings. The van der Waals surface area contributed by atoms with Crippen LogP contribution in [0.1, 0.15) is 48.4 Å². The molecule has 6 nitrogen and oxygen atoms in total. The largest absolute Gasteiger partial charge is 0.449 e. The Morgan fingerprint density at radius 3 is 2.38 bits per heavy atom. The Morgan fingerprint density at radius 2 is 1.83 bits per heavy atom. The van der Waals surface area contributed by atoms with Gasteiger partial charge in [0, 0.05) is 24.5 Å². The quantitative estimate of drug-likeness (QED) is 0.477. The van der Waals surface area contributed by atoms with E-state index in [0.717, 1.165) is 11.3 Å². The first-order valence-corrected chi connectivity index (χ1v) is 10.1. The Morgan fingerprint density at radius 1 is 1.14 bits per heavy atom. The second-order valence-corrected chi connectivity index (χ2v) is 8.04. The zero-order valence-corrected chi connectivity index (χ0v) is 17.6. The summed E-state index contributed by atoms with van der Waals surface area (Å²) in [5.74, 6) is -1.02. The van der Waals surface area contributed by atoms with E-state index < -0.39 is 12.8 Å². The lowest BCUT2D eigenvalue weighted by Gasteiger charge is -2.24. The Bertz CT molecular complexity index is 795. The van der Waals surface area contributed by atoms with Crippen molar-refractivity contribution >= 4 is 18.6 Å². The first kappa shape index (κ1) is 22.8. The molecule has 0 unspecified atom stereocenters. The van der Waals surface area contributed by atoms with E-state index in [1.165, 1.54) is 6.20 Å². The number of hydrogen-bond donors (Lipinski definition) is 2. The molecule has 2 N–H and O–H groups in total. The molecule has 1 heterocycles. The number of amides is 1. The summed E-state index contributed by atoms with van der Waals surface area (Å²) >= 11 is 0. The number of carbonyl (C=O) groups excluding carboxylic acids is 2. The summed E-state index contributed by atoms with van der Waals surface area (Å²) in [4.78, 5) is 34.0. The summed E-state index contributed by atoms with van der Waals surface area (Å²) in [5, 5.41) is 13.0. The minimum absolute atomic E-state index is 0.0344. The molecule has 0 aliphatic carbocycles. The average molecular weight is 395 g/mol. The maximum absolute atomic E-state index is 13.1. The van der Waals surface area contributed by atoms with E-state index in [4.69, 9.17) is 0 Å². The van der Waals surface area contributed by atoms with Crippen molar-refractivity contribution in [1.82, 2.24) is 15.3 Å². The SMILES string of the molecule is CB(O)[C@H](CC(C)C)NC(=O)[C@@H](CC(=O)c1cnc(C)cn1)Cc1ccccc1. The number of aromatic nitrogens is 2. The van der Waals surface area contributed by atoms with Crippen molar-refractivity contribution in [2.45, 2.75) is 52.8 Å². The van der Waals surface area contributed by atoms with E-state index >= 15 is 0 Å². The van der Waals surface area contributed by atoms with Crippen molar-refractivity contribution in [3.05, 3.63) is 59.7 Å². The van der Waals surface area contributed by atoms with E-state index in [-0.39, 0.29) is 29.7 Å². The molecule has 0 spiro atoms. The summed E-state index contributed by atoms with van der Waals surface area (Å²) < 4.78 is 0. The molecular formula is C22H30BN3O3. The van der Waals surface area contributed by atoms with Crippen LogP contribution in [0.5, 0.6) is 0 Å². The van der Waals surface area contributed by atoms with Crippen LogP contribution >= 0.6 is 0 Å². The van der Waals surface area contributed by atoms with E-state index in [1.807, 2.05) is 44.2 Å². The number of ketones is 1. The highest BCUT2D eigenvalue weighted by Gasteiger charge is 2.28. The third-order valence-electron chi connectivity index (χ3n) is 4.83. The fourth-order valence-corrected chi connectivity index (χ4v) is 3.21. The van der Waals surface area contributed by atoms with E-state index in [0.29, 0.717) is 18.8 Å². The van der Waals surface area contributed by atoms with Gasteiger partial charge in [0.2, 0.25) is 5.91 Å². The van der Waals surface area contributed by atoms with Gasteiger partial charge in [-0.3, -0.25) is 14.6 Å². The number of Topliss-reactive ketones (excluding diaryl/α,β-unsaturated/α-hetero) is 1. The number of nitrogens with zero attached hydrogens (tertiary/aromatic N) is 2. The highest BCUT2D eigenvalue weighted by Crippen LogP contribution is 2.17. The van der Waals surface area contributed by atoms with Gasteiger partial charge in [-0.25, -0.2) is 4.98 Å². The molecule has 2 atom stereocenters. The van der Waals surface area contributed by atoms with Crippen molar-refractivity contribution in [2.24, 2.45) is 11.8 Å². The van der Waals surface area contributed by atoms with Crippen molar-refractivity contribution in [1.29, 1.82) is 0 Å². The van der Waals surface area contributed by atoms with Crippen LogP contribution in [0.2, 0.25) is 6.82 Å². The molecule has 1 amide bonds. The summed E-state index contributed by atoms with van der Waals surface area (Å²) in [6.45, 7) is 6.90. The Kier molecular flexibility index (Phi) is 8.52. The fourth-order valence-electron chi connectivity index (χ4n) is 3.21. The predicted molar refractivity (Wildman–Crippen MR) is 115 cm³/mol. The molecule has 29 heavy (non-hydrogen) atoms. The average Bonchev–Trinajstić information content (AvgIpc) is 2.67. The smallest absolute Gasteiger partial charge is 0.308 e. The lowest BCUT2D eigenvalue weighted by atomic mass is 9.61. The molecule has 0 fully saturated rings. The van der Waals surface area contributed by atoms with Gasteiger partial charge in [-0.1, -0.05) is 51.0 Å². The minimum atomic E-state index is -0.669. The molecule has 0 saturated carbocycles. The molecule has 0 aliphatic heterocycles. The highest BCUT2D eigenvalue weighted by atomic mass is 16.2. The van der Waals surface area contributed by atoms with Crippen LogP contribution < -0.4 is 5.32 Å². The molecule has 2 rings (SSSR count). The maximum Gasteiger partial charge on any atom is 0.308 e. The predicted octanol–water partition coefficient (Wildman–Crippen LogP) is 2.90. The number of nitrogens with one attached hydrogen (secondary N) is 1. The van der Waals surface area contributed by atoms with E-state index in [1.54, 1.807) is 19.9 Å². The molecule has 0 aliphatic rings. The molecule has 7 heteroatoms. The lowest BCUT2D eigenvalue weighted by Crippen LogP contribution is -2.48. The number of benzene rings is 1. The van der Waals surface area contributed by atoms with Crippen LogP contribution in [0.15, 0.2) is 42.7 Å². The zero-order chi connectivity index (χ0) is 21.4. The Balaban J connectivity index is 2.18. The topological polar surface area (TPSA) is 92.2 Å². The van der Waals surface area contributed by atoms with Crippen LogP contribution in [0.25, 0.3) is 0 Å². The molecule has 1 aromatic heterocycles. The normalized spacial score (nSPS) is 13.0. The number of hydrogen-bond acceptors (Lipinski definition) is 5. The van der Waals surface area contributed by atoms with Gasteiger partial charge in [-0.05, 0) is 31.2 Å². The summed E-state index contributed by atoms with van der Waals surface area (Å²) in [6.07, 6.45) is 4.13. The van der Waals surface area contributed by atoms with Crippen molar-refractivity contribution in [3.8, 4) is 0 Å². The monoisotopic (exact) mass is 395 g/mol. The van der Waals surface area contributed by atoms with Crippen molar-refractivity contribution in [3.63, 3.8) is 0 Å². The first-order valence-electron chi connectivity index (χ1n) is 10.1.